The van der Waals surface area contributed by atoms with E-state index in [1.165, 1.54) is 35.3 Å². The number of rotatable bonds is 6. The molecular weight excluding hydrogens is 440 g/mol. The highest BCUT2D eigenvalue weighted by atomic mass is 35.5. The molecule has 2 heterocycles. The normalized spacial score (nSPS) is 13.0. The fraction of sp³-hybridized carbons (Fsp3) is 0.286. The summed E-state index contributed by atoms with van der Waals surface area (Å²) in [6.45, 7) is 5.69. The highest BCUT2D eigenvalue weighted by molar-refractivity contribution is 7.91. The SMILES string of the molecule is CC(C)(C)C(Cc1cc(S(=O)(=O)c2ccncc2)n(-c2ccccc2Cl)n1)NC(=O)O. The third-order valence-electron chi connectivity index (χ3n) is 4.80. The molecule has 0 aliphatic heterocycles. The number of amides is 1. The van der Waals surface area contributed by atoms with Gasteiger partial charge in [0.1, 0.15) is 0 Å². The van der Waals surface area contributed by atoms with Crippen LogP contribution in [0.4, 0.5) is 4.79 Å². The molecule has 1 aromatic carbocycles. The number of halogens is 1. The Balaban J connectivity index is 2.15. The summed E-state index contributed by atoms with van der Waals surface area (Å²) in [4.78, 5) is 15.2. The maximum Gasteiger partial charge on any atom is 0.404 e. The van der Waals surface area contributed by atoms with Crippen molar-refractivity contribution in [1.82, 2.24) is 20.1 Å². The van der Waals surface area contributed by atoms with Crippen LogP contribution in [0.1, 0.15) is 26.5 Å². The van der Waals surface area contributed by atoms with E-state index in [1.807, 2.05) is 20.8 Å². The highest BCUT2D eigenvalue weighted by Gasteiger charge is 2.30. The number of nitrogens with zero attached hydrogens (tertiary/aromatic N) is 3. The first-order chi connectivity index (χ1) is 14.5. The lowest BCUT2D eigenvalue weighted by atomic mass is 9.84. The van der Waals surface area contributed by atoms with Gasteiger partial charge in [-0.05, 0) is 35.7 Å². The average molecular weight is 463 g/mol. The Morgan fingerprint density at radius 3 is 2.42 bits per heavy atom. The molecule has 0 saturated heterocycles. The number of carboxylic acid groups (broad SMARTS) is 1. The van der Waals surface area contributed by atoms with Gasteiger partial charge in [-0.3, -0.25) is 4.98 Å². The molecule has 164 valence electrons. The summed E-state index contributed by atoms with van der Waals surface area (Å²) < 4.78 is 28.0. The Labute approximate surface area is 185 Å². The van der Waals surface area contributed by atoms with Crippen molar-refractivity contribution in [2.75, 3.05) is 0 Å². The van der Waals surface area contributed by atoms with Crippen molar-refractivity contribution in [1.29, 1.82) is 0 Å². The summed E-state index contributed by atoms with van der Waals surface area (Å²) in [6.07, 6.45) is 1.84. The minimum absolute atomic E-state index is 0.0650. The third-order valence-corrected chi connectivity index (χ3v) is 6.85. The highest BCUT2D eigenvalue weighted by Crippen LogP contribution is 2.29. The van der Waals surface area contributed by atoms with Crippen LogP contribution >= 0.6 is 11.6 Å². The van der Waals surface area contributed by atoms with E-state index in [1.54, 1.807) is 24.3 Å². The van der Waals surface area contributed by atoms with Crippen LogP contribution in [0.5, 0.6) is 0 Å². The number of pyridine rings is 1. The quantitative estimate of drug-likeness (QED) is 0.572. The van der Waals surface area contributed by atoms with Crippen LogP contribution < -0.4 is 5.32 Å². The number of para-hydroxylation sites is 1. The molecule has 1 unspecified atom stereocenters. The molecule has 0 fully saturated rings. The molecular formula is C21H23ClN4O4S. The van der Waals surface area contributed by atoms with Gasteiger partial charge in [0.2, 0.25) is 9.84 Å². The lowest BCUT2D eigenvalue weighted by molar-refractivity contribution is 0.174. The Hall–Kier alpha value is -2.91. The molecule has 3 rings (SSSR count). The maximum absolute atomic E-state index is 13.4. The van der Waals surface area contributed by atoms with Crippen LogP contribution in [0.2, 0.25) is 5.02 Å². The van der Waals surface area contributed by atoms with Crippen molar-refractivity contribution in [3.8, 4) is 5.69 Å². The van der Waals surface area contributed by atoms with Gasteiger partial charge in [-0.25, -0.2) is 17.9 Å². The molecule has 1 amide bonds. The zero-order valence-corrected chi connectivity index (χ0v) is 18.9. The summed E-state index contributed by atoms with van der Waals surface area (Å²) in [6, 6.07) is 10.6. The number of benzene rings is 1. The molecule has 0 bridgehead atoms. The smallest absolute Gasteiger partial charge is 0.404 e. The predicted octanol–water partition coefficient (Wildman–Crippen LogP) is 3.98. The van der Waals surface area contributed by atoms with Gasteiger partial charge in [-0.2, -0.15) is 5.10 Å². The summed E-state index contributed by atoms with van der Waals surface area (Å²) in [5.41, 5.74) is 0.402. The van der Waals surface area contributed by atoms with Crippen LogP contribution in [0.3, 0.4) is 0 Å². The fourth-order valence-electron chi connectivity index (χ4n) is 3.07. The Bertz CT molecular complexity index is 1190. The monoisotopic (exact) mass is 462 g/mol. The first kappa shape index (κ1) is 22.8. The van der Waals surface area contributed by atoms with E-state index < -0.39 is 27.4 Å². The number of nitrogens with one attached hydrogen (secondary N) is 1. The predicted molar refractivity (Wildman–Crippen MR) is 116 cm³/mol. The van der Waals surface area contributed by atoms with Crippen molar-refractivity contribution >= 4 is 27.5 Å². The minimum atomic E-state index is -3.94. The number of hydrogen-bond donors (Lipinski definition) is 2. The molecule has 0 spiro atoms. The maximum atomic E-state index is 13.4. The molecule has 0 radical (unpaired) electrons. The van der Waals surface area contributed by atoms with Crippen LogP contribution in [-0.2, 0) is 16.3 Å². The van der Waals surface area contributed by atoms with Crippen molar-refractivity contribution < 1.29 is 18.3 Å². The van der Waals surface area contributed by atoms with Crippen LogP contribution in [0.15, 0.2) is 64.8 Å². The van der Waals surface area contributed by atoms with E-state index in [9.17, 15) is 18.3 Å². The largest absolute Gasteiger partial charge is 0.465 e. The molecule has 0 aliphatic rings. The van der Waals surface area contributed by atoms with E-state index in [2.05, 4.69) is 15.4 Å². The molecule has 0 aliphatic carbocycles. The number of hydrogen-bond acceptors (Lipinski definition) is 5. The van der Waals surface area contributed by atoms with Crippen molar-refractivity contribution in [3.63, 3.8) is 0 Å². The Morgan fingerprint density at radius 1 is 1.19 bits per heavy atom. The van der Waals surface area contributed by atoms with E-state index >= 15 is 0 Å². The second-order valence-electron chi connectivity index (χ2n) is 8.10. The third kappa shape index (κ3) is 5.05. The Kier molecular flexibility index (Phi) is 6.38. The summed E-state index contributed by atoms with van der Waals surface area (Å²) in [7, 11) is -3.94. The zero-order valence-electron chi connectivity index (χ0n) is 17.3. The summed E-state index contributed by atoms with van der Waals surface area (Å²) in [5, 5.41) is 16.5. The number of aromatic nitrogens is 3. The van der Waals surface area contributed by atoms with Gasteiger partial charge in [0, 0.05) is 24.9 Å². The second-order valence-corrected chi connectivity index (χ2v) is 10.4. The molecule has 10 heteroatoms. The van der Waals surface area contributed by atoms with E-state index in [4.69, 9.17) is 11.6 Å². The molecule has 31 heavy (non-hydrogen) atoms. The molecule has 3 aromatic rings. The van der Waals surface area contributed by atoms with Crippen molar-refractivity contribution in [2.24, 2.45) is 5.41 Å². The van der Waals surface area contributed by atoms with Gasteiger partial charge in [0.15, 0.2) is 5.03 Å². The van der Waals surface area contributed by atoms with E-state index in [0.29, 0.717) is 16.4 Å². The minimum Gasteiger partial charge on any atom is -0.465 e. The molecule has 2 aromatic heterocycles. The number of sulfone groups is 1. The molecule has 8 nitrogen and oxygen atoms in total. The molecule has 1 atom stereocenters. The van der Waals surface area contributed by atoms with Crippen molar-refractivity contribution in [3.05, 3.63) is 65.6 Å². The topological polar surface area (TPSA) is 114 Å². The lowest BCUT2D eigenvalue weighted by Crippen LogP contribution is -2.44. The van der Waals surface area contributed by atoms with Crippen molar-refractivity contribution in [2.45, 2.75) is 43.2 Å². The van der Waals surface area contributed by atoms with E-state index in [0.717, 1.165) is 0 Å². The molecule has 2 N–H and O–H groups in total. The second kappa shape index (κ2) is 8.68. The van der Waals surface area contributed by atoms with Gasteiger partial charge in [-0.15, -0.1) is 0 Å². The summed E-state index contributed by atoms with van der Waals surface area (Å²) in [5.74, 6) is 0. The van der Waals surface area contributed by atoms with Crippen LogP contribution in [0.25, 0.3) is 5.69 Å². The standard InChI is InChI=1S/C21H23ClN4O4S/c1-21(2,3)18(24-20(27)28)12-14-13-19(31(29,30)15-8-10-23-11-9-15)26(25-14)17-7-5-4-6-16(17)22/h4-11,13,18,24H,12H2,1-3H3,(H,27,28). The lowest BCUT2D eigenvalue weighted by Gasteiger charge is -2.29. The van der Waals surface area contributed by atoms with Gasteiger partial charge in [-0.1, -0.05) is 44.5 Å². The van der Waals surface area contributed by atoms with Gasteiger partial charge >= 0.3 is 6.09 Å². The average Bonchev–Trinajstić information content (AvgIpc) is 3.12. The fourth-order valence-corrected chi connectivity index (χ4v) is 4.66. The first-order valence-electron chi connectivity index (χ1n) is 9.48. The Morgan fingerprint density at radius 2 is 1.84 bits per heavy atom. The van der Waals surface area contributed by atoms with E-state index in [-0.39, 0.29) is 16.3 Å². The number of carbonyl (C=O) groups is 1. The molecule has 0 saturated carbocycles. The first-order valence-corrected chi connectivity index (χ1v) is 11.3. The van der Waals surface area contributed by atoms with Gasteiger partial charge < -0.3 is 10.4 Å². The van der Waals surface area contributed by atoms with Gasteiger partial charge in [0.25, 0.3) is 0 Å². The zero-order chi connectivity index (χ0) is 22.8. The summed E-state index contributed by atoms with van der Waals surface area (Å²) >= 11 is 6.33. The van der Waals surface area contributed by atoms with Crippen LogP contribution in [0, 0.1) is 5.41 Å². The van der Waals surface area contributed by atoms with Gasteiger partial charge in [0.05, 0.1) is 21.3 Å². The van der Waals surface area contributed by atoms with Crippen LogP contribution in [-0.4, -0.2) is 40.4 Å².